The highest BCUT2D eigenvalue weighted by atomic mass is 19.1. The molecule has 7 rings (SSSR count). The van der Waals surface area contributed by atoms with Crippen LogP contribution in [0, 0.1) is 17.1 Å². The van der Waals surface area contributed by atoms with Crippen molar-refractivity contribution in [3.05, 3.63) is 59.4 Å². The second-order valence-electron chi connectivity index (χ2n) is 11.7. The number of phenols is 1. The third-order valence-corrected chi connectivity index (χ3v) is 9.10. The number of carbonyl (C=O) groups is 1. The van der Waals surface area contributed by atoms with Gasteiger partial charge in [-0.2, -0.15) is 5.26 Å². The van der Waals surface area contributed by atoms with E-state index in [4.69, 9.17) is 4.98 Å². The Hall–Kier alpha value is -4.26. The van der Waals surface area contributed by atoms with Crippen LogP contribution < -0.4 is 15.5 Å². The summed E-state index contributed by atoms with van der Waals surface area (Å²) in [6, 6.07) is 15.1. The summed E-state index contributed by atoms with van der Waals surface area (Å²) in [6.45, 7) is 2.72. The first-order chi connectivity index (χ1) is 19.8. The van der Waals surface area contributed by atoms with Crippen molar-refractivity contribution in [2.75, 3.05) is 50.5 Å². The van der Waals surface area contributed by atoms with Gasteiger partial charge in [0.1, 0.15) is 11.3 Å². The molecule has 3 N–H and O–H groups in total. The lowest BCUT2D eigenvalue weighted by Gasteiger charge is -2.44. The van der Waals surface area contributed by atoms with Gasteiger partial charge < -0.3 is 25.5 Å². The number of benzene rings is 3. The van der Waals surface area contributed by atoms with Crippen LogP contribution in [0.25, 0.3) is 32.8 Å². The fourth-order valence-electron chi connectivity index (χ4n) is 6.88. The van der Waals surface area contributed by atoms with Gasteiger partial charge in [-0.1, -0.05) is 24.3 Å². The number of rotatable bonds is 4. The maximum atomic E-state index is 17.1. The van der Waals surface area contributed by atoms with Crippen LogP contribution in [-0.4, -0.2) is 67.2 Å². The molecule has 2 fully saturated rings. The molecule has 0 radical (unpaired) electrons. The average Bonchev–Trinajstić information content (AvgIpc) is 3.20. The van der Waals surface area contributed by atoms with E-state index in [0.717, 1.165) is 42.4 Å². The van der Waals surface area contributed by atoms with Gasteiger partial charge in [-0.25, -0.2) is 9.37 Å². The summed E-state index contributed by atoms with van der Waals surface area (Å²) in [5.74, 6) is -0.0400. The zero-order chi connectivity index (χ0) is 28.5. The molecule has 1 aromatic heterocycles. The van der Waals surface area contributed by atoms with E-state index in [1.165, 1.54) is 0 Å². The average molecular weight is 551 g/mol. The number of likely N-dealkylation sites (N-methyl/N-ethyl adjacent to an activating group) is 1. The summed E-state index contributed by atoms with van der Waals surface area (Å²) in [4.78, 5) is 22.9. The van der Waals surface area contributed by atoms with Crippen LogP contribution in [0.3, 0.4) is 0 Å². The number of hydrogen-bond donors (Lipinski definition) is 3. The summed E-state index contributed by atoms with van der Waals surface area (Å²) >= 11 is 0. The molecule has 3 aliphatic rings. The molecule has 1 unspecified atom stereocenters. The van der Waals surface area contributed by atoms with Gasteiger partial charge in [0.05, 0.1) is 23.6 Å². The number of pyridine rings is 1. The summed E-state index contributed by atoms with van der Waals surface area (Å²) in [5.41, 5.74) is 2.03. The van der Waals surface area contributed by atoms with Gasteiger partial charge in [-0.05, 0) is 73.6 Å². The van der Waals surface area contributed by atoms with Crippen molar-refractivity contribution in [1.29, 1.82) is 5.26 Å². The minimum Gasteiger partial charge on any atom is -0.508 e. The smallest absolute Gasteiger partial charge is 0.236 e. The highest BCUT2D eigenvalue weighted by Crippen LogP contribution is 2.51. The van der Waals surface area contributed by atoms with Crippen molar-refractivity contribution in [3.63, 3.8) is 0 Å². The summed E-state index contributed by atoms with van der Waals surface area (Å²) < 4.78 is 17.1. The van der Waals surface area contributed by atoms with Gasteiger partial charge in [0, 0.05) is 42.2 Å². The molecule has 3 aliphatic heterocycles. The third kappa shape index (κ3) is 3.78. The molecule has 208 valence electrons. The van der Waals surface area contributed by atoms with Gasteiger partial charge in [-0.3, -0.25) is 4.79 Å². The van der Waals surface area contributed by atoms with E-state index >= 15 is 4.39 Å². The number of nitrogens with one attached hydrogen (secondary N) is 2. The van der Waals surface area contributed by atoms with Crippen molar-refractivity contribution in [1.82, 2.24) is 15.2 Å². The summed E-state index contributed by atoms with van der Waals surface area (Å²) in [6.07, 6.45) is 1.43. The minimum atomic E-state index is -0.842. The van der Waals surface area contributed by atoms with Crippen molar-refractivity contribution in [2.24, 2.45) is 0 Å². The Morgan fingerprint density at radius 1 is 1.22 bits per heavy atom. The first-order valence-electron chi connectivity index (χ1n) is 14.0. The van der Waals surface area contributed by atoms with Crippen molar-refractivity contribution in [2.45, 2.75) is 30.7 Å². The predicted octanol–water partition coefficient (Wildman–Crippen LogP) is 4.29. The molecule has 41 heavy (non-hydrogen) atoms. The molecule has 4 aromatic rings. The molecular formula is C32H31FN6O2. The SMILES string of the molecule is CN(C)C1CN(c2nc3c(F)c(-c4cc(O)cc5ccccc45)c(CC#N)cc3c3c2NC(=O)C32CCCNC2)C1. The fraction of sp³-hybridized carbons (Fsp3) is 0.344. The molecule has 0 aliphatic carbocycles. The van der Waals surface area contributed by atoms with Crippen LogP contribution in [0.2, 0.25) is 0 Å². The molecule has 3 aromatic carbocycles. The first-order valence-corrected chi connectivity index (χ1v) is 14.0. The topological polar surface area (TPSA) is 105 Å². The van der Waals surface area contributed by atoms with Crippen LogP contribution in [-0.2, 0) is 16.6 Å². The highest BCUT2D eigenvalue weighted by molar-refractivity contribution is 6.15. The molecule has 0 saturated carbocycles. The number of nitriles is 1. The number of hydrogen-bond acceptors (Lipinski definition) is 7. The van der Waals surface area contributed by atoms with Crippen molar-refractivity contribution >= 4 is 39.1 Å². The molecule has 9 heteroatoms. The van der Waals surface area contributed by atoms with Crippen LogP contribution in [0.1, 0.15) is 24.0 Å². The number of halogens is 1. The van der Waals surface area contributed by atoms with Crippen molar-refractivity contribution < 1.29 is 14.3 Å². The maximum absolute atomic E-state index is 17.1. The van der Waals surface area contributed by atoms with Crippen LogP contribution in [0.15, 0.2) is 42.5 Å². The van der Waals surface area contributed by atoms with Gasteiger partial charge in [-0.15, -0.1) is 0 Å². The number of phenolic OH excluding ortho intramolecular Hbond substituents is 1. The second-order valence-corrected chi connectivity index (χ2v) is 11.7. The lowest BCUT2D eigenvalue weighted by Crippen LogP contribution is -2.57. The van der Waals surface area contributed by atoms with E-state index in [2.05, 4.69) is 26.5 Å². The third-order valence-electron chi connectivity index (χ3n) is 9.10. The Balaban J connectivity index is 1.55. The monoisotopic (exact) mass is 550 g/mol. The molecular weight excluding hydrogens is 519 g/mol. The number of nitrogens with zero attached hydrogens (tertiary/aromatic N) is 4. The Morgan fingerprint density at radius 3 is 2.76 bits per heavy atom. The molecule has 1 atom stereocenters. The van der Waals surface area contributed by atoms with Gasteiger partial charge >= 0.3 is 0 Å². The van der Waals surface area contributed by atoms with Gasteiger partial charge in [0.15, 0.2) is 11.6 Å². The quantitative estimate of drug-likeness (QED) is 0.348. The Labute approximate surface area is 237 Å². The number of anilines is 2. The standard InChI is InChI=1S/C32H31FN6O2/c1-38(2)20-15-39(16-20)30-29-26(32(31(41)37-29)9-5-11-35-17-32)24-13-19(8-10-34)25(27(33)28(24)36-30)23-14-21(40)12-18-6-3-4-7-22(18)23/h3-4,6-7,12-14,20,35,40H,5,8-9,11,15-17H2,1-2H3,(H,37,41). The molecule has 2 saturated heterocycles. The van der Waals surface area contributed by atoms with E-state index in [1.807, 2.05) is 44.4 Å². The number of amides is 1. The van der Waals surface area contributed by atoms with Crippen molar-refractivity contribution in [3.8, 4) is 22.9 Å². The number of aromatic nitrogens is 1. The molecule has 1 amide bonds. The lowest BCUT2D eigenvalue weighted by molar-refractivity contribution is -0.121. The second kappa shape index (κ2) is 9.40. The van der Waals surface area contributed by atoms with Crippen LogP contribution >= 0.6 is 0 Å². The summed E-state index contributed by atoms with van der Waals surface area (Å²) in [7, 11) is 4.07. The zero-order valence-corrected chi connectivity index (χ0v) is 23.1. The Kier molecular flexibility index (Phi) is 5.89. The summed E-state index contributed by atoms with van der Waals surface area (Å²) in [5, 5.41) is 29.0. The number of fused-ring (bicyclic) bond motifs is 5. The van der Waals surface area contributed by atoms with Crippen LogP contribution in [0.5, 0.6) is 5.75 Å². The van der Waals surface area contributed by atoms with E-state index in [1.54, 1.807) is 12.1 Å². The highest BCUT2D eigenvalue weighted by Gasteiger charge is 2.51. The number of piperidine rings is 1. The molecule has 4 heterocycles. The van der Waals surface area contributed by atoms with Gasteiger partial charge in [0.2, 0.25) is 5.91 Å². The first kappa shape index (κ1) is 25.7. The normalized spacial score (nSPS) is 20.5. The molecule has 0 bridgehead atoms. The largest absolute Gasteiger partial charge is 0.508 e. The zero-order valence-electron chi connectivity index (χ0n) is 23.1. The van der Waals surface area contributed by atoms with E-state index in [0.29, 0.717) is 47.0 Å². The van der Waals surface area contributed by atoms with E-state index < -0.39 is 11.2 Å². The lowest BCUT2D eigenvalue weighted by atomic mass is 9.74. The Bertz CT molecular complexity index is 1780. The number of carbonyl (C=O) groups excluding carboxylic acids is 1. The fourth-order valence-corrected chi connectivity index (χ4v) is 6.88. The Morgan fingerprint density at radius 2 is 2.02 bits per heavy atom. The number of aromatic hydroxyl groups is 1. The minimum absolute atomic E-state index is 0.0149. The van der Waals surface area contributed by atoms with E-state index in [-0.39, 0.29) is 29.2 Å². The van der Waals surface area contributed by atoms with E-state index in [9.17, 15) is 15.2 Å². The molecule has 1 spiro atoms. The van der Waals surface area contributed by atoms with Gasteiger partial charge in [0.25, 0.3) is 0 Å². The predicted molar refractivity (Wildman–Crippen MR) is 158 cm³/mol. The molecule has 8 nitrogen and oxygen atoms in total. The maximum Gasteiger partial charge on any atom is 0.236 e. The van der Waals surface area contributed by atoms with Crippen LogP contribution in [0.4, 0.5) is 15.9 Å².